The monoisotopic (exact) mass is 633 g/mol. The van der Waals surface area contributed by atoms with Crippen molar-refractivity contribution in [3.63, 3.8) is 0 Å². The highest BCUT2D eigenvalue weighted by atomic mass is 32.2. The Bertz CT molecular complexity index is 1500. The Morgan fingerprint density at radius 2 is 1.51 bits per heavy atom. The van der Waals surface area contributed by atoms with Gasteiger partial charge in [0.15, 0.2) is 5.82 Å². The number of benzene rings is 2. The summed E-state index contributed by atoms with van der Waals surface area (Å²) in [6.45, 7) is 3.49. The summed E-state index contributed by atoms with van der Waals surface area (Å²) in [6, 6.07) is 16.5. The lowest BCUT2D eigenvalue weighted by Crippen LogP contribution is -2.36. The molecule has 0 amide bonds. The van der Waals surface area contributed by atoms with Gasteiger partial charge in [-0.05, 0) is 56.7 Å². The van der Waals surface area contributed by atoms with Gasteiger partial charge < -0.3 is 9.05 Å². The van der Waals surface area contributed by atoms with Crippen molar-refractivity contribution >= 4 is 36.7 Å². The number of aryl methyl sites for hydroxylation is 1. The standard InChI is InChI=1S/C26H25F5N3O4PS2/c1-17-18(2)41-23(40-16-10-9-15-25(27,28)26(29,30)31)21-22(32-24(35)34(17)21)33-39(36,37-19-11-5-3-6-12-19)38-20-13-7-4-8-14-20/h3-8,11-14H,9-10,15-16H2,1-2H3,(H,32,33,35,36). The molecular formula is C26H25F5N3O4PS2. The number of hydrogen-bond acceptors (Lipinski definition) is 7. The number of nitrogens with one attached hydrogen (secondary N) is 1. The molecule has 15 heteroatoms. The molecule has 0 radical (unpaired) electrons. The van der Waals surface area contributed by atoms with E-state index in [1.165, 1.54) is 27.7 Å². The maximum Gasteiger partial charge on any atom is 0.542 e. The average molecular weight is 634 g/mol. The molecule has 0 aliphatic carbocycles. The third kappa shape index (κ3) is 7.41. The highest BCUT2D eigenvalue weighted by molar-refractivity contribution is 8.01. The van der Waals surface area contributed by atoms with Crippen LogP contribution in [-0.4, -0.2) is 27.4 Å². The SMILES string of the molecule is Cc1sc(SCCCCC(F)(F)C(F)(F)F)c2c(NP(=O)(Oc3ccccc3)Oc3ccccc3)nc(=O)n-2c1C. The fourth-order valence-corrected chi connectivity index (χ4v) is 7.55. The fourth-order valence-electron chi connectivity index (χ4n) is 3.68. The molecule has 41 heavy (non-hydrogen) atoms. The number of nitrogens with zero attached hydrogens (tertiary/aromatic N) is 2. The molecule has 0 unspecified atom stereocenters. The number of imidazole rings is 1. The Labute approximate surface area is 240 Å². The maximum atomic E-state index is 14.0. The quantitative estimate of drug-likeness (QED) is 0.0725. The van der Waals surface area contributed by atoms with Crippen LogP contribution in [0.5, 0.6) is 11.5 Å². The topological polar surface area (TPSA) is 82.5 Å². The smallest absolute Gasteiger partial charge is 0.400 e. The number of para-hydroxylation sites is 2. The summed E-state index contributed by atoms with van der Waals surface area (Å²) in [4.78, 5) is 17.8. The lowest BCUT2D eigenvalue weighted by Gasteiger charge is -2.21. The number of halogens is 5. The van der Waals surface area contributed by atoms with Crippen LogP contribution in [0.25, 0.3) is 5.69 Å². The van der Waals surface area contributed by atoms with Gasteiger partial charge in [0, 0.05) is 17.0 Å². The number of fused-ring (bicyclic) bond motifs is 1. The van der Waals surface area contributed by atoms with E-state index in [1.54, 1.807) is 74.5 Å². The van der Waals surface area contributed by atoms with Crippen molar-refractivity contribution < 1.29 is 35.6 Å². The van der Waals surface area contributed by atoms with Crippen LogP contribution in [0.3, 0.4) is 0 Å². The first-order valence-corrected chi connectivity index (χ1v) is 15.6. The summed E-state index contributed by atoms with van der Waals surface area (Å²) in [5.74, 6) is -4.20. The summed E-state index contributed by atoms with van der Waals surface area (Å²) < 4.78 is 91.4. The molecule has 2 aliphatic heterocycles. The second-order valence-corrected chi connectivity index (χ2v) is 13.1. The van der Waals surface area contributed by atoms with Gasteiger partial charge >= 0.3 is 25.5 Å². The zero-order chi connectivity index (χ0) is 29.8. The number of unbranched alkanes of at least 4 members (excludes halogenated alkanes) is 1. The van der Waals surface area contributed by atoms with E-state index in [0.717, 1.165) is 4.88 Å². The summed E-state index contributed by atoms with van der Waals surface area (Å²) in [5, 5.41) is 2.69. The van der Waals surface area contributed by atoms with Gasteiger partial charge in [-0.3, -0.25) is 9.65 Å². The van der Waals surface area contributed by atoms with Gasteiger partial charge in [0.2, 0.25) is 0 Å². The molecule has 2 heterocycles. The van der Waals surface area contributed by atoms with Gasteiger partial charge in [-0.1, -0.05) is 36.4 Å². The zero-order valence-corrected chi connectivity index (χ0v) is 24.3. The molecule has 0 saturated carbocycles. The molecule has 7 nitrogen and oxygen atoms in total. The largest absolute Gasteiger partial charge is 0.542 e. The van der Waals surface area contributed by atoms with E-state index >= 15 is 0 Å². The minimum absolute atomic E-state index is 0.0655. The third-order valence-electron chi connectivity index (χ3n) is 5.84. The molecule has 0 atom stereocenters. The van der Waals surface area contributed by atoms with Crippen molar-refractivity contribution in [3.05, 3.63) is 81.7 Å². The summed E-state index contributed by atoms with van der Waals surface area (Å²) in [6.07, 6.45) is -7.20. The molecule has 0 aromatic heterocycles. The minimum Gasteiger partial charge on any atom is -0.400 e. The normalized spacial score (nSPS) is 12.5. The van der Waals surface area contributed by atoms with Gasteiger partial charge in [-0.15, -0.1) is 23.1 Å². The predicted molar refractivity (Wildman–Crippen MR) is 149 cm³/mol. The molecule has 220 valence electrons. The van der Waals surface area contributed by atoms with E-state index in [4.69, 9.17) is 9.05 Å². The number of alkyl halides is 5. The number of anilines is 1. The van der Waals surface area contributed by atoms with Gasteiger partial charge in [0.05, 0.1) is 4.21 Å². The van der Waals surface area contributed by atoms with Crippen molar-refractivity contribution in [1.82, 2.24) is 9.55 Å². The third-order valence-corrected chi connectivity index (χ3v) is 9.76. The van der Waals surface area contributed by atoms with E-state index in [-0.39, 0.29) is 41.6 Å². The second-order valence-electron chi connectivity index (χ2n) is 8.88. The van der Waals surface area contributed by atoms with Crippen molar-refractivity contribution in [2.75, 3.05) is 10.8 Å². The zero-order valence-electron chi connectivity index (χ0n) is 21.8. The van der Waals surface area contributed by atoms with Crippen LogP contribution in [0.4, 0.5) is 27.8 Å². The van der Waals surface area contributed by atoms with Gasteiger partial charge in [0.25, 0.3) is 0 Å². The lowest BCUT2D eigenvalue weighted by atomic mass is 10.1. The Kier molecular flexibility index (Phi) is 9.35. The lowest BCUT2D eigenvalue weighted by molar-refractivity contribution is -0.284. The Hall–Kier alpha value is -3.09. The number of rotatable bonds is 12. The maximum absolute atomic E-state index is 14.0. The molecule has 0 spiro atoms. The first-order valence-electron chi connectivity index (χ1n) is 12.3. The number of hydrogen-bond donors (Lipinski definition) is 1. The molecule has 0 saturated heterocycles. The van der Waals surface area contributed by atoms with Crippen molar-refractivity contribution in [2.45, 2.75) is 49.4 Å². The highest BCUT2D eigenvalue weighted by Crippen LogP contribution is 2.50. The number of thioether (sulfide) groups is 1. The van der Waals surface area contributed by atoms with Crippen LogP contribution in [0.2, 0.25) is 0 Å². The van der Waals surface area contributed by atoms with Crippen LogP contribution in [0.1, 0.15) is 29.8 Å². The second kappa shape index (κ2) is 12.4. The molecule has 2 aromatic carbocycles. The van der Waals surface area contributed by atoms with E-state index in [9.17, 15) is 31.3 Å². The number of aromatic nitrogens is 2. The van der Waals surface area contributed by atoms with E-state index in [0.29, 0.717) is 9.90 Å². The minimum atomic E-state index is -5.59. The van der Waals surface area contributed by atoms with Gasteiger partial charge in [0.1, 0.15) is 17.2 Å². The van der Waals surface area contributed by atoms with Crippen LogP contribution in [0.15, 0.2) is 69.7 Å². The first-order chi connectivity index (χ1) is 19.3. The molecular weight excluding hydrogens is 608 g/mol. The Morgan fingerprint density at radius 3 is 2.05 bits per heavy atom. The molecule has 4 rings (SSSR count). The Balaban J connectivity index is 1.62. The van der Waals surface area contributed by atoms with E-state index < -0.39 is 32.0 Å². The molecule has 2 aromatic rings. The van der Waals surface area contributed by atoms with Crippen LogP contribution in [0, 0.1) is 13.8 Å². The van der Waals surface area contributed by atoms with Crippen LogP contribution >= 0.6 is 30.8 Å². The fraction of sp³-hybridized carbons (Fsp3) is 0.308. The predicted octanol–water partition coefficient (Wildman–Crippen LogP) is 8.49. The van der Waals surface area contributed by atoms with Crippen LogP contribution in [-0.2, 0) is 4.57 Å². The average Bonchev–Trinajstić information content (AvgIpc) is 3.22. The molecule has 0 fully saturated rings. The van der Waals surface area contributed by atoms with Crippen molar-refractivity contribution in [2.24, 2.45) is 0 Å². The van der Waals surface area contributed by atoms with Gasteiger partial charge in [-0.2, -0.15) is 26.9 Å². The molecule has 0 bridgehead atoms. The van der Waals surface area contributed by atoms with E-state index in [2.05, 4.69) is 10.1 Å². The summed E-state index contributed by atoms with van der Waals surface area (Å²) >= 11 is 2.46. The van der Waals surface area contributed by atoms with Crippen molar-refractivity contribution in [1.29, 1.82) is 0 Å². The first kappa shape index (κ1) is 30.9. The van der Waals surface area contributed by atoms with Crippen LogP contribution < -0.4 is 19.8 Å². The molecule has 1 N–H and O–H groups in total. The highest BCUT2D eigenvalue weighted by Gasteiger charge is 2.56. The summed E-state index contributed by atoms with van der Waals surface area (Å²) in [7, 11) is -4.25. The van der Waals surface area contributed by atoms with E-state index in [1.807, 2.05) is 0 Å². The van der Waals surface area contributed by atoms with Gasteiger partial charge in [-0.25, -0.2) is 9.36 Å². The molecule has 2 aliphatic rings. The van der Waals surface area contributed by atoms with Crippen molar-refractivity contribution in [3.8, 4) is 17.2 Å². The summed E-state index contributed by atoms with van der Waals surface area (Å²) in [5.41, 5.74) is 0.184. The Morgan fingerprint density at radius 1 is 0.951 bits per heavy atom.